The Morgan fingerprint density at radius 3 is 2.40 bits per heavy atom. The summed E-state index contributed by atoms with van der Waals surface area (Å²) in [5, 5.41) is 9.33. The first kappa shape index (κ1) is 31.3. The van der Waals surface area contributed by atoms with Crippen molar-refractivity contribution in [1.29, 1.82) is 0 Å². The number of cyclic esters (lactones) is 1. The number of aliphatic hydroxyl groups is 1. The molecule has 4 heterocycles. The number of benzene rings is 1. The molecule has 2 amide bonds. The highest BCUT2D eigenvalue weighted by atomic mass is 16.6. The van der Waals surface area contributed by atoms with Crippen LogP contribution in [0.3, 0.4) is 0 Å². The Morgan fingerprint density at radius 2 is 1.70 bits per heavy atom. The Kier molecular flexibility index (Phi) is 9.61. The Hall–Kier alpha value is -3.17. The van der Waals surface area contributed by atoms with Crippen LogP contribution < -0.4 is 9.80 Å². The molecule has 43 heavy (non-hydrogen) atoms. The predicted octanol–water partition coefficient (Wildman–Crippen LogP) is 4.24. The van der Waals surface area contributed by atoms with Crippen LogP contribution in [-0.2, 0) is 23.9 Å². The number of anilines is 2. The SMILES string of the molecule is CCN(CC)c1ccc(N2CC=C[C@]34O[C@@]5(CC)/C=C\CCCCOC(=O)[C@H]5[C@H]3C(=O)N(CCCCCO)C4C2=O)cc1. The van der Waals surface area contributed by atoms with E-state index >= 15 is 0 Å². The molecule has 9 heteroatoms. The summed E-state index contributed by atoms with van der Waals surface area (Å²) in [5.41, 5.74) is -0.525. The first-order chi connectivity index (χ1) is 20.9. The van der Waals surface area contributed by atoms with Gasteiger partial charge in [-0.05, 0) is 83.1 Å². The van der Waals surface area contributed by atoms with E-state index in [0.29, 0.717) is 39.0 Å². The number of aliphatic hydroxyl groups excluding tert-OH is 1. The molecule has 0 bridgehead atoms. The van der Waals surface area contributed by atoms with Gasteiger partial charge in [-0.15, -0.1) is 0 Å². The Balaban J connectivity index is 1.57. The Morgan fingerprint density at radius 1 is 0.930 bits per heavy atom. The summed E-state index contributed by atoms with van der Waals surface area (Å²) in [4.78, 5) is 48.6. The van der Waals surface area contributed by atoms with Gasteiger partial charge in [0.05, 0.1) is 12.5 Å². The number of esters is 1. The first-order valence-corrected chi connectivity index (χ1v) is 16.2. The van der Waals surface area contributed by atoms with Gasteiger partial charge in [-0.1, -0.05) is 31.2 Å². The average Bonchev–Trinajstić information content (AvgIpc) is 3.37. The molecule has 1 aromatic rings. The maximum Gasteiger partial charge on any atom is 0.313 e. The van der Waals surface area contributed by atoms with Crippen LogP contribution >= 0.6 is 0 Å². The van der Waals surface area contributed by atoms with Gasteiger partial charge < -0.3 is 29.3 Å². The number of amides is 2. The van der Waals surface area contributed by atoms with E-state index < -0.39 is 35.0 Å². The van der Waals surface area contributed by atoms with Crippen molar-refractivity contribution in [2.24, 2.45) is 11.8 Å². The van der Waals surface area contributed by atoms with Crippen molar-refractivity contribution in [3.05, 3.63) is 48.6 Å². The molecule has 1 N–H and O–H groups in total. The highest BCUT2D eigenvalue weighted by molar-refractivity contribution is 6.05. The van der Waals surface area contributed by atoms with Gasteiger partial charge in [-0.2, -0.15) is 0 Å². The monoisotopic (exact) mass is 593 g/mol. The van der Waals surface area contributed by atoms with Gasteiger partial charge in [-0.25, -0.2) is 0 Å². The number of likely N-dealkylation sites (tertiary alicyclic amines) is 1. The van der Waals surface area contributed by atoms with E-state index in [1.165, 1.54) is 0 Å². The molecule has 0 radical (unpaired) electrons. The van der Waals surface area contributed by atoms with Gasteiger partial charge in [0.15, 0.2) is 0 Å². The second kappa shape index (κ2) is 13.2. The van der Waals surface area contributed by atoms with Crippen LogP contribution in [0.2, 0.25) is 0 Å². The minimum atomic E-state index is -1.31. The average molecular weight is 594 g/mol. The molecule has 9 nitrogen and oxygen atoms in total. The second-order valence-corrected chi connectivity index (χ2v) is 12.0. The lowest BCUT2D eigenvalue weighted by Gasteiger charge is -2.38. The second-order valence-electron chi connectivity index (χ2n) is 12.0. The molecule has 5 rings (SSSR count). The lowest BCUT2D eigenvalue weighted by molar-refractivity contribution is -0.160. The van der Waals surface area contributed by atoms with Crippen molar-refractivity contribution >= 4 is 29.2 Å². The minimum Gasteiger partial charge on any atom is -0.465 e. The van der Waals surface area contributed by atoms with Crippen molar-refractivity contribution < 1.29 is 29.0 Å². The number of rotatable bonds is 10. The lowest BCUT2D eigenvalue weighted by Crippen LogP contribution is -2.56. The maximum atomic E-state index is 14.7. The lowest BCUT2D eigenvalue weighted by atomic mass is 9.73. The van der Waals surface area contributed by atoms with E-state index in [2.05, 4.69) is 24.8 Å². The van der Waals surface area contributed by atoms with Gasteiger partial charge in [0.25, 0.3) is 5.91 Å². The van der Waals surface area contributed by atoms with E-state index in [-0.39, 0.29) is 18.4 Å². The van der Waals surface area contributed by atoms with E-state index in [1.54, 1.807) is 9.80 Å². The van der Waals surface area contributed by atoms with Crippen molar-refractivity contribution in [1.82, 2.24) is 4.90 Å². The number of ether oxygens (including phenoxy) is 2. The van der Waals surface area contributed by atoms with Crippen molar-refractivity contribution in [2.75, 3.05) is 49.2 Å². The largest absolute Gasteiger partial charge is 0.465 e. The normalized spacial score (nSPS) is 31.3. The molecule has 4 aliphatic rings. The van der Waals surface area contributed by atoms with Crippen LogP contribution in [-0.4, -0.2) is 84.4 Å². The number of nitrogens with zero attached hydrogens (tertiary/aromatic N) is 3. The van der Waals surface area contributed by atoms with Gasteiger partial charge in [0.1, 0.15) is 23.2 Å². The molecule has 0 aliphatic carbocycles. The highest BCUT2D eigenvalue weighted by Gasteiger charge is 2.75. The molecule has 4 aliphatic heterocycles. The zero-order valence-corrected chi connectivity index (χ0v) is 25.9. The fraction of sp³-hybridized carbons (Fsp3) is 0.618. The van der Waals surface area contributed by atoms with E-state index in [1.807, 2.05) is 49.4 Å². The zero-order valence-electron chi connectivity index (χ0n) is 25.9. The zero-order chi connectivity index (χ0) is 30.6. The number of carbonyl (C=O) groups excluding carboxylic acids is 3. The molecular weight excluding hydrogens is 546 g/mol. The third-order valence-electron chi connectivity index (χ3n) is 9.73. The van der Waals surface area contributed by atoms with Crippen LogP contribution in [0, 0.1) is 11.8 Å². The number of hydrogen-bond donors (Lipinski definition) is 1. The molecule has 234 valence electrons. The third kappa shape index (κ3) is 5.50. The van der Waals surface area contributed by atoms with Crippen molar-refractivity contribution in [3.63, 3.8) is 0 Å². The quantitative estimate of drug-likeness (QED) is 0.246. The van der Waals surface area contributed by atoms with Crippen LogP contribution in [0.15, 0.2) is 48.6 Å². The number of allylic oxidation sites excluding steroid dienone is 1. The number of hydrogen-bond acceptors (Lipinski definition) is 7. The van der Waals surface area contributed by atoms with E-state index in [0.717, 1.165) is 50.1 Å². The van der Waals surface area contributed by atoms with E-state index in [9.17, 15) is 19.5 Å². The molecule has 2 fully saturated rings. The van der Waals surface area contributed by atoms with Gasteiger partial charge >= 0.3 is 5.97 Å². The highest BCUT2D eigenvalue weighted by Crippen LogP contribution is 2.58. The summed E-state index contributed by atoms with van der Waals surface area (Å²) in [5.74, 6) is -2.63. The maximum absolute atomic E-state index is 14.7. The summed E-state index contributed by atoms with van der Waals surface area (Å²) < 4.78 is 12.8. The number of unbranched alkanes of at least 4 members (excludes halogenated alkanes) is 2. The van der Waals surface area contributed by atoms with Crippen LogP contribution in [0.5, 0.6) is 0 Å². The van der Waals surface area contributed by atoms with Crippen LogP contribution in [0.4, 0.5) is 11.4 Å². The predicted molar refractivity (Wildman–Crippen MR) is 166 cm³/mol. The third-order valence-corrected chi connectivity index (χ3v) is 9.73. The van der Waals surface area contributed by atoms with Gasteiger partial charge in [-0.3, -0.25) is 14.4 Å². The molecule has 0 aromatic heterocycles. The molecule has 1 spiro atoms. The number of carbonyl (C=O) groups is 3. The van der Waals surface area contributed by atoms with E-state index in [4.69, 9.17) is 9.47 Å². The molecule has 0 saturated carbocycles. The summed E-state index contributed by atoms with van der Waals surface area (Å²) in [6, 6.07) is 7.05. The molecule has 1 aromatic carbocycles. The summed E-state index contributed by atoms with van der Waals surface area (Å²) in [6.45, 7) is 9.01. The van der Waals surface area contributed by atoms with Crippen molar-refractivity contribution in [2.45, 2.75) is 83.0 Å². The van der Waals surface area contributed by atoms with Gasteiger partial charge in [0.2, 0.25) is 5.91 Å². The topological polar surface area (TPSA) is 99.6 Å². The molecular formula is C34H47N3O6. The standard InChI is InChI=1S/C34H47N3O6/c1-4-33-19-10-7-8-13-24-42-32(41)28(33)27-30(39)37(21-11-9-12-23-38)29-31(40)36(22-14-20-34(27,29)43-33)26-17-15-25(16-18-26)35(5-2)6-3/h10,14-20,27-29,38H,4-9,11-13,21-24H2,1-3H3/b19-10-/t27-,28+,29?,33-,34-/m0/s1. The molecule has 5 atom stereocenters. The van der Waals surface area contributed by atoms with Crippen molar-refractivity contribution in [3.8, 4) is 0 Å². The smallest absolute Gasteiger partial charge is 0.313 e. The summed E-state index contributed by atoms with van der Waals surface area (Å²) >= 11 is 0. The first-order valence-electron chi connectivity index (χ1n) is 16.2. The summed E-state index contributed by atoms with van der Waals surface area (Å²) in [6.07, 6.45) is 12.8. The Labute approximate surface area is 255 Å². The molecule has 1 unspecified atom stereocenters. The summed E-state index contributed by atoms with van der Waals surface area (Å²) in [7, 11) is 0. The van der Waals surface area contributed by atoms with Gasteiger partial charge in [0, 0.05) is 44.2 Å². The fourth-order valence-electron chi connectivity index (χ4n) is 7.51. The minimum absolute atomic E-state index is 0.0747. The van der Waals surface area contributed by atoms with Crippen LogP contribution in [0.1, 0.15) is 65.7 Å². The van der Waals surface area contributed by atoms with Crippen LogP contribution in [0.25, 0.3) is 0 Å². The molecule has 2 saturated heterocycles. The fourth-order valence-corrected chi connectivity index (χ4v) is 7.51. The Bertz CT molecular complexity index is 1230. The number of fused-ring (bicyclic) bond motifs is 2.